The first-order valence-corrected chi connectivity index (χ1v) is 19.5. The number of rotatable bonds is 9. The lowest BCUT2D eigenvalue weighted by Crippen LogP contribution is -2.09. The molecule has 0 unspecified atom stereocenters. The van der Waals surface area contributed by atoms with Gasteiger partial charge in [-0.3, -0.25) is 0 Å². The van der Waals surface area contributed by atoms with Crippen LogP contribution in [0.3, 0.4) is 0 Å². The van der Waals surface area contributed by atoms with Crippen molar-refractivity contribution in [3.63, 3.8) is 0 Å². The molecule has 6 nitrogen and oxygen atoms in total. The minimum atomic E-state index is -1.24. The highest BCUT2D eigenvalue weighted by atomic mass is 32.1. The van der Waals surface area contributed by atoms with Gasteiger partial charge in [-0.05, 0) is 60.2 Å². The van der Waals surface area contributed by atoms with E-state index in [-0.39, 0.29) is 5.57 Å². The van der Waals surface area contributed by atoms with Gasteiger partial charge in [0.15, 0.2) is 0 Å². The van der Waals surface area contributed by atoms with Crippen LogP contribution in [0.4, 0.5) is 17.1 Å². The average molecular weight is 759 g/mol. The number of aromatic nitrogens is 2. The number of para-hydroxylation sites is 2. The van der Waals surface area contributed by atoms with Gasteiger partial charge in [0.25, 0.3) is 0 Å². The summed E-state index contributed by atoms with van der Waals surface area (Å²) in [4.78, 5) is 26.5. The molecule has 1 N–H and O–H groups in total. The molecule has 0 amide bonds. The molecule has 0 aliphatic carbocycles. The van der Waals surface area contributed by atoms with Gasteiger partial charge in [-0.1, -0.05) is 121 Å². The molecule has 56 heavy (non-hydrogen) atoms. The maximum atomic E-state index is 11.5. The Kier molecular flexibility index (Phi) is 9.21. The van der Waals surface area contributed by atoms with Gasteiger partial charge in [-0.25, -0.2) is 14.8 Å². The van der Waals surface area contributed by atoms with Crippen LogP contribution in [0.5, 0.6) is 0 Å². The topological polar surface area (TPSA) is 90.1 Å². The number of fused-ring (bicyclic) bond motifs is 2. The third-order valence-electron chi connectivity index (χ3n) is 9.51. The van der Waals surface area contributed by atoms with Crippen LogP contribution in [0, 0.1) is 11.3 Å². The summed E-state index contributed by atoms with van der Waals surface area (Å²) >= 11 is 3.07. The van der Waals surface area contributed by atoms with E-state index < -0.39 is 5.97 Å². The molecule has 266 valence electrons. The fourth-order valence-electron chi connectivity index (χ4n) is 6.90. The van der Waals surface area contributed by atoms with Crippen molar-refractivity contribution in [2.45, 2.75) is 0 Å². The summed E-state index contributed by atoms with van der Waals surface area (Å²) in [6, 6.07) is 59.8. The third kappa shape index (κ3) is 6.62. The maximum Gasteiger partial charge on any atom is 0.346 e. The fraction of sp³-hybridized carbons (Fsp3) is 0. The Labute approximate surface area is 331 Å². The van der Waals surface area contributed by atoms with Gasteiger partial charge in [0, 0.05) is 58.5 Å². The monoisotopic (exact) mass is 758 g/mol. The maximum absolute atomic E-state index is 11.5. The van der Waals surface area contributed by atoms with Gasteiger partial charge in [0.1, 0.15) is 11.6 Å². The van der Waals surface area contributed by atoms with E-state index in [1.54, 1.807) is 17.4 Å². The van der Waals surface area contributed by atoms with Gasteiger partial charge in [0.05, 0.1) is 22.4 Å². The van der Waals surface area contributed by atoms with Crippen molar-refractivity contribution >= 4 is 72.2 Å². The Morgan fingerprint density at radius 3 is 1.57 bits per heavy atom. The number of carbonyl (C=O) groups is 1. The van der Waals surface area contributed by atoms with Gasteiger partial charge >= 0.3 is 5.97 Å². The van der Waals surface area contributed by atoms with Crippen LogP contribution < -0.4 is 4.90 Å². The molecular formula is C48H30N4O2S2. The zero-order chi connectivity index (χ0) is 38.0. The van der Waals surface area contributed by atoms with E-state index in [4.69, 9.17) is 9.97 Å². The molecule has 9 aromatic rings. The Bertz CT molecular complexity index is 2860. The van der Waals surface area contributed by atoms with Crippen molar-refractivity contribution in [2.75, 3.05) is 4.90 Å². The summed E-state index contributed by atoms with van der Waals surface area (Å²) in [5, 5.41) is 18.7. The summed E-state index contributed by atoms with van der Waals surface area (Å²) in [6.07, 6.45) is 1.43. The second-order valence-electron chi connectivity index (χ2n) is 13.0. The minimum absolute atomic E-state index is 0.292. The molecule has 0 saturated heterocycles. The third-order valence-corrected chi connectivity index (χ3v) is 11.8. The van der Waals surface area contributed by atoms with E-state index in [9.17, 15) is 15.2 Å². The van der Waals surface area contributed by atoms with Gasteiger partial charge in [-0.15, -0.1) is 22.7 Å². The molecule has 0 saturated carbocycles. The lowest BCUT2D eigenvalue weighted by Gasteiger charge is -2.25. The van der Waals surface area contributed by atoms with Crippen molar-refractivity contribution in [1.29, 1.82) is 5.26 Å². The number of nitriles is 1. The van der Waals surface area contributed by atoms with Gasteiger partial charge in [0.2, 0.25) is 0 Å². The first kappa shape index (κ1) is 34.6. The highest BCUT2D eigenvalue weighted by Crippen LogP contribution is 2.44. The van der Waals surface area contributed by atoms with Gasteiger partial charge in [-0.2, -0.15) is 5.26 Å². The van der Waals surface area contributed by atoms with Crippen LogP contribution in [0.2, 0.25) is 0 Å². The molecule has 3 aromatic heterocycles. The van der Waals surface area contributed by atoms with E-state index in [2.05, 4.69) is 120 Å². The summed E-state index contributed by atoms with van der Waals surface area (Å²) in [6.45, 7) is 0. The molecule has 0 aliphatic heterocycles. The molecule has 3 heterocycles. The van der Waals surface area contributed by atoms with Crippen molar-refractivity contribution < 1.29 is 9.90 Å². The predicted octanol–water partition coefficient (Wildman–Crippen LogP) is 13.0. The van der Waals surface area contributed by atoms with Crippen LogP contribution in [-0.4, -0.2) is 21.0 Å². The van der Waals surface area contributed by atoms with Crippen molar-refractivity contribution in [2.24, 2.45) is 0 Å². The van der Waals surface area contributed by atoms with Crippen molar-refractivity contribution in [3.8, 4) is 50.2 Å². The van der Waals surface area contributed by atoms with Crippen LogP contribution in [-0.2, 0) is 4.79 Å². The molecule has 6 aromatic carbocycles. The Balaban J connectivity index is 1.22. The number of benzene rings is 6. The number of anilines is 3. The molecule has 0 bridgehead atoms. The minimum Gasteiger partial charge on any atom is -0.477 e. The van der Waals surface area contributed by atoms with E-state index >= 15 is 0 Å². The number of thiophene rings is 2. The van der Waals surface area contributed by atoms with Crippen LogP contribution in [0.15, 0.2) is 175 Å². The van der Waals surface area contributed by atoms with Crippen molar-refractivity contribution in [3.05, 3.63) is 180 Å². The van der Waals surface area contributed by atoms with E-state index in [0.29, 0.717) is 0 Å². The largest absolute Gasteiger partial charge is 0.477 e. The van der Waals surface area contributed by atoms with Gasteiger partial charge < -0.3 is 10.0 Å². The van der Waals surface area contributed by atoms with Crippen LogP contribution in [0.25, 0.3) is 70.6 Å². The summed E-state index contributed by atoms with van der Waals surface area (Å²) in [7, 11) is 0. The first-order valence-electron chi connectivity index (χ1n) is 17.9. The first-order chi connectivity index (χ1) is 27.5. The standard InChI is InChI=1S/C48H30N4O2S2/c49-30-34(48(53)54)27-38-28-42-43(55-38)29-41(56-42)40-26-25-39(31-21-23-37(24-22-31)52(35-17-9-3-10-18-35)36-19-11-4-12-20-36)46-47(40)51-45(33-15-7-2-8-16-33)44(50-46)32-13-5-1-6-14-32/h1-29H,(H,53,54)/b34-27-. The number of hydrogen-bond donors (Lipinski definition) is 1. The zero-order valence-corrected chi connectivity index (χ0v) is 31.3. The summed E-state index contributed by atoms with van der Waals surface area (Å²) in [5.74, 6) is -1.24. The van der Waals surface area contributed by atoms with E-state index in [1.807, 2.05) is 54.6 Å². The predicted molar refractivity (Wildman–Crippen MR) is 230 cm³/mol. The lowest BCUT2D eigenvalue weighted by atomic mass is 9.97. The molecule has 0 aliphatic rings. The quantitative estimate of drug-likeness (QED) is 0.116. The number of aliphatic carboxylic acids is 1. The Morgan fingerprint density at radius 1 is 0.571 bits per heavy atom. The molecule has 0 spiro atoms. The second kappa shape index (κ2) is 14.9. The van der Waals surface area contributed by atoms with Crippen LogP contribution in [0.1, 0.15) is 4.88 Å². The molecule has 0 fully saturated rings. The number of nitrogens with zero attached hydrogens (tertiary/aromatic N) is 4. The highest BCUT2D eigenvalue weighted by Gasteiger charge is 2.21. The SMILES string of the molecule is N#C/C(=C/c1cc2sc(-c3ccc(-c4ccc(N(c5ccccc5)c5ccccc5)cc4)c4nc(-c5ccccc5)c(-c5ccccc5)nc34)cc2s1)C(=O)O. The Morgan fingerprint density at radius 2 is 1.05 bits per heavy atom. The number of carboxylic acids is 1. The smallest absolute Gasteiger partial charge is 0.346 e. The average Bonchev–Trinajstić information content (AvgIpc) is 3.83. The summed E-state index contributed by atoms with van der Waals surface area (Å²) in [5.41, 5.74) is 10.9. The fourth-order valence-corrected chi connectivity index (χ4v) is 9.27. The summed E-state index contributed by atoms with van der Waals surface area (Å²) < 4.78 is 2.01. The number of hydrogen-bond acceptors (Lipinski definition) is 7. The molecule has 0 radical (unpaired) electrons. The normalized spacial score (nSPS) is 11.4. The molecule has 9 rings (SSSR count). The molecular weight excluding hydrogens is 729 g/mol. The molecule has 8 heteroatoms. The second-order valence-corrected chi connectivity index (χ2v) is 15.2. The Hall–Kier alpha value is -7.18. The van der Waals surface area contributed by atoms with E-state index in [1.165, 1.54) is 17.4 Å². The van der Waals surface area contributed by atoms with Crippen LogP contribution >= 0.6 is 22.7 Å². The highest BCUT2D eigenvalue weighted by molar-refractivity contribution is 7.29. The zero-order valence-electron chi connectivity index (χ0n) is 29.7. The van der Waals surface area contributed by atoms with Crippen molar-refractivity contribution in [1.82, 2.24) is 9.97 Å². The lowest BCUT2D eigenvalue weighted by molar-refractivity contribution is -0.132. The molecule has 0 atom stereocenters. The van der Waals surface area contributed by atoms with E-state index in [0.717, 1.165) is 86.5 Å². The number of carboxylic acid groups (broad SMARTS) is 1.